The van der Waals surface area contributed by atoms with Crippen LogP contribution >= 0.6 is 0 Å². The lowest BCUT2D eigenvalue weighted by molar-refractivity contribution is -0.149. The Labute approximate surface area is 118 Å². The maximum Gasteiger partial charge on any atom is 0.325 e. The number of carbonyl (C=O) groups excluding carboxylic acids is 2. The Kier molecular flexibility index (Phi) is 6.27. The molecule has 0 unspecified atom stereocenters. The molecule has 0 atom stereocenters. The lowest BCUT2D eigenvalue weighted by Crippen LogP contribution is -2.47. The van der Waals surface area contributed by atoms with Gasteiger partial charge in [0.15, 0.2) is 0 Å². The number of esters is 1. The first-order chi connectivity index (χ1) is 9.50. The zero-order valence-corrected chi connectivity index (χ0v) is 11.7. The predicted octanol–water partition coefficient (Wildman–Crippen LogP) is 0.884. The molecule has 0 aromatic rings. The van der Waals surface area contributed by atoms with Crippen LogP contribution in [0.3, 0.4) is 0 Å². The highest BCUT2D eigenvalue weighted by molar-refractivity contribution is 5.81. The molecule has 0 aromatic carbocycles. The fourth-order valence-corrected chi connectivity index (χ4v) is 2.41. The maximum absolute atomic E-state index is 11.5. The fourth-order valence-electron chi connectivity index (χ4n) is 2.41. The van der Waals surface area contributed by atoms with Gasteiger partial charge in [-0.25, -0.2) is 4.79 Å². The number of amides is 2. The minimum Gasteiger partial charge on any atom is -0.481 e. The second-order valence-electron chi connectivity index (χ2n) is 5.11. The molecule has 0 spiro atoms. The molecule has 1 fully saturated rings. The average Bonchev–Trinajstić information content (AvgIpc) is 2.69. The van der Waals surface area contributed by atoms with Crippen molar-refractivity contribution in [1.82, 2.24) is 10.6 Å². The summed E-state index contributed by atoms with van der Waals surface area (Å²) in [6, 6.07) is -0.555. The number of hydrogen-bond donors (Lipinski definition) is 3. The fraction of sp³-hybridized carbons (Fsp3) is 0.769. The minimum atomic E-state index is -0.890. The third-order valence-electron chi connectivity index (χ3n) is 3.72. The van der Waals surface area contributed by atoms with Crippen LogP contribution in [0.4, 0.5) is 4.79 Å². The molecule has 7 nitrogen and oxygen atoms in total. The van der Waals surface area contributed by atoms with Gasteiger partial charge in [0.05, 0.1) is 12.5 Å². The van der Waals surface area contributed by atoms with Crippen LogP contribution in [0.15, 0.2) is 0 Å². The summed E-state index contributed by atoms with van der Waals surface area (Å²) in [4.78, 5) is 33.9. The Balaban J connectivity index is 2.48. The molecule has 114 valence electrons. The number of rotatable bonds is 5. The van der Waals surface area contributed by atoms with E-state index in [0.717, 1.165) is 25.7 Å². The zero-order chi connectivity index (χ0) is 15.0. The van der Waals surface area contributed by atoms with E-state index in [4.69, 9.17) is 0 Å². The van der Waals surface area contributed by atoms with Crippen LogP contribution in [0, 0.1) is 5.41 Å². The molecule has 1 aliphatic carbocycles. The van der Waals surface area contributed by atoms with Crippen LogP contribution < -0.4 is 10.6 Å². The standard InChI is InChI=1S/C13H22N2O5/c1-20-10(16)8-14-12(19)15-9-13(11(17)18)6-4-2-3-5-7-13/h2-9H2,1H3,(H,17,18)(H2,14,15,19). The lowest BCUT2D eigenvalue weighted by atomic mass is 9.80. The van der Waals surface area contributed by atoms with Crippen molar-refractivity contribution in [2.75, 3.05) is 20.2 Å². The van der Waals surface area contributed by atoms with Gasteiger partial charge in [0, 0.05) is 6.54 Å². The van der Waals surface area contributed by atoms with Gasteiger partial charge in [-0.05, 0) is 12.8 Å². The van der Waals surface area contributed by atoms with E-state index in [9.17, 15) is 19.5 Å². The number of carbonyl (C=O) groups is 3. The summed E-state index contributed by atoms with van der Waals surface area (Å²) in [6.07, 6.45) is 4.92. The summed E-state index contributed by atoms with van der Waals surface area (Å²) >= 11 is 0. The van der Waals surface area contributed by atoms with Gasteiger partial charge in [-0.3, -0.25) is 9.59 Å². The molecule has 0 aliphatic heterocycles. The molecule has 3 N–H and O–H groups in total. The summed E-state index contributed by atoms with van der Waals surface area (Å²) in [5, 5.41) is 14.3. The third-order valence-corrected chi connectivity index (χ3v) is 3.72. The first-order valence-corrected chi connectivity index (χ1v) is 6.82. The number of carboxylic acid groups (broad SMARTS) is 1. The van der Waals surface area contributed by atoms with E-state index in [2.05, 4.69) is 15.4 Å². The van der Waals surface area contributed by atoms with Crippen molar-refractivity contribution in [1.29, 1.82) is 0 Å². The van der Waals surface area contributed by atoms with E-state index in [1.165, 1.54) is 7.11 Å². The van der Waals surface area contributed by atoms with Crippen molar-refractivity contribution >= 4 is 18.0 Å². The number of carboxylic acids is 1. The van der Waals surface area contributed by atoms with Gasteiger partial charge in [-0.1, -0.05) is 25.7 Å². The molecule has 1 aliphatic rings. The van der Waals surface area contributed by atoms with Gasteiger partial charge in [0.1, 0.15) is 6.54 Å². The molecular formula is C13H22N2O5. The van der Waals surface area contributed by atoms with E-state index < -0.39 is 23.4 Å². The van der Waals surface area contributed by atoms with Crippen molar-refractivity contribution in [2.24, 2.45) is 5.41 Å². The Morgan fingerprint density at radius 2 is 1.70 bits per heavy atom. The number of hydrogen-bond acceptors (Lipinski definition) is 4. The van der Waals surface area contributed by atoms with E-state index in [-0.39, 0.29) is 13.1 Å². The van der Waals surface area contributed by atoms with Crippen LogP contribution in [0.2, 0.25) is 0 Å². The molecular weight excluding hydrogens is 264 g/mol. The van der Waals surface area contributed by atoms with E-state index in [0.29, 0.717) is 12.8 Å². The van der Waals surface area contributed by atoms with Crippen LogP contribution in [0.5, 0.6) is 0 Å². The molecule has 0 aromatic heterocycles. The molecule has 2 amide bonds. The SMILES string of the molecule is COC(=O)CNC(=O)NCC1(C(=O)O)CCCCCC1. The smallest absolute Gasteiger partial charge is 0.325 e. The number of urea groups is 1. The number of methoxy groups -OCH3 is 1. The normalized spacial score (nSPS) is 17.6. The van der Waals surface area contributed by atoms with Gasteiger partial charge in [0.25, 0.3) is 0 Å². The third kappa shape index (κ3) is 4.71. The molecule has 1 saturated carbocycles. The minimum absolute atomic E-state index is 0.0787. The Morgan fingerprint density at radius 3 is 2.20 bits per heavy atom. The first kappa shape index (κ1) is 16.3. The molecule has 1 rings (SSSR count). The second kappa shape index (κ2) is 7.72. The average molecular weight is 286 g/mol. The Bertz CT molecular complexity index is 362. The highest BCUT2D eigenvalue weighted by Crippen LogP contribution is 2.34. The Morgan fingerprint density at radius 1 is 1.10 bits per heavy atom. The summed E-state index contributed by atoms with van der Waals surface area (Å²) in [7, 11) is 1.23. The molecule has 7 heteroatoms. The van der Waals surface area contributed by atoms with Crippen molar-refractivity contribution in [3.05, 3.63) is 0 Å². The zero-order valence-electron chi connectivity index (χ0n) is 11.7. The topological polar surface area (TPSA) is 105 Å². The van der Waals surface area contributed by atoms with Crippen LogP contribution in [0.1, 0.15) is 38.5 Å². The molecule has 0 bridgehead atoms. The van der Waals surface area contributed by atoms with Gasteiger partial charge in [-0.15, -0.1) is 0 Å². The van der Waals surface area contributed by atoms with Crippen LogP contribution in [0.25, 0.3) is 0 Å². The van der Waals surface area contributed by atoms with Crippen molar-refractivity contribution in [3.8, 4) is 0 Å². The van der Waals surface area contributed by atoms with Crippen LogP contribution in [-0.4, -0.2) is 43.3 Å². The van der Waals surface area contributed by atoms with E-state index >= 15 is 0 Å². The Hall–Kier alpha value is -1.79. The molecule has 20 heavy (non-hydrogen) atoms. The largest absolute Gasteiger partial charge is 0.481 e. The molecule has 0 saturated heterocycles. The van der Waals surface area contributed by atoms with E-state index in [1.54, 1.807) is 0 Å². The number of ether oxygens (including phenoxy) is 1. The quantitative estimate of drug-likeness (QED) is 0.514. The van der Waals surface area contributed by atoms with Gasteiger partial charge in [-0.2, -0.15) is 0 Å². The summed E-state index contributed by atoms with van der Waals surface area (Å²) < 4.78 is 4.39. The highest BCUT2D eigenvalue weighted by atomic mass is 16.5. The summed E-state index contributed by atoms with van der Waals surface area (Å²) in [6.45, 7) is -0.155. The second-order valence-corrected chi connectivity index (χ2v) is 5.11. The highest BCUT2D eigenvalue weighted by Gasteiger charge is 2.38. The monoisotopic (exact) mass is 286 g/mol. The van der Waals surface area contributed by atoms with Crippen LogP contribution in [-0.2, 0) is 14.3 Å². The lowest BCUT2D eigenvalue weighted by Gasteiger charge is -2.28. The molecule has 0 radical (unpaired) electrons. The molecule has 0 heterocycles. The predicted molar refractivity (Wildman–Crippen MR) is 71.2 cm³/mol. The van der Waals surface area contributed by atoms with Crippen molar-refractivity contribution < 1.29 is 24.2 Å². The van der Waals surface area contributed by atoms with Gasteiger partial charge >= 0.3 is 18.0 Å². The van der Waals surface area contributed by atoms with E-state index in [1.807, 2.05) is 0 Å². The van der Waals surface area contributed by atoms with Gasteiger partial charge in [0.2, 0.25) is 0 Å². The summed E-state index contributed by atoms with van der Waals surface area (Å²) in [5.74, 6) is -1.42. The van der Waals surface area contributed by atoms with Crippen molar-refractivity contribution in [3.63, 3.8) is 0 Å². The van der Waals surface area contributed by atoms with Gasteiger partial charge < -0.3 is 20.5 Å². The maximum atomic E-state index is 11.5. The first-order valence-electron chi connectivity index (χ1n) is 6.82. The summed E-state index contributed by atoms with van der Waals surface area (Å²) in [5.41, 5.74) is -0.890. The number of aliphatic carboxylic acids is 1. The van der Waals surface area contributed by atoms with Crippen molar-refractivity contribution in [2.45, 2.75) is 38.5 Å². The number of nitrogens with one attached hydrogen (secondary N) is 2.